The van der Waals surface area contributed by atoms with Gasteiger partial charge in [-0.3, -0.25) is 10.1 Å². The normalized spacial score (nSPS) is 10.4. The predicted octanol–water partition coefficient (Wildman–Crippen LogP) is 3.57. The van der Waals surface area contributed by atoms with Gasteiger partial charge in [0, 0.05) is 11.1 Å². The zero-order valence-corrected chi connectivity index (χ0v) is 13.0. The summed E-state index contributed by atoms with van der Waals surface area (Å²) in [7, 11) is 0. The van der Waals surface area contributed by atoms with E-state index in [-0.39, 0.29) is 16.8 Å². The minimum absolute atomic E-state index is 0.0517. The van der Waals surface area contributed by atoms with Gasteiger partial charge in [0.15, 0.2) is 5.11 Å². The van der Waals surface area contributed by atoms with Crippen molar-refractivity contribution in [3.63, 3.8) is 0 Å². The number of phenolic OH excluding ortho intramolecular Hbond substituents is 1. The Morgan fingerprint density at radius 3 is 2.50 bits per heavy atom. The highest BCUT2D eigenvalue weighted by Crippen LogP contribution is 2.21. The summed E-state index contributed by atoms with van der Waals surface area (Å²) in [5.74, 6) is -0.321. The highest BCUT2D eigenvalue weighted by atomic mass is 35.5. The van der Waals surface area contributed by atoms with E-state index in [4.69, 9.17) is 23.8 Å². The van der Waals surface area contributed by atoms with Crippen molar-refractivity contribution >= 4 is 46.6 Å². The number of rotatable bonds is 3. The van der Waals surface area contributed by atoms with Gasteiger partial charge in [0.1, 0.15) is 5.75 Å². The van der Waals surface area contributed by atoms with Crippen molar-refractivity contribution < 1.29 is 9.90 Å². The lowest BCUT2D eigenvalue weighted by molar-refractivity contribution is -0.115. The summed E-state index contributed by atoms with van der Waals surface area (Å²) in [6.07, 6.45) is 3.01. The van der Waals surface area contributed by atoms with Crippen LogP contribution in [0.2, 0.25) is 5.02 Å². The molecule has 0 aliphatic carbocycles. The minimum Gasteiger partial charge on any atom is -0.506 e. The molecule has 6 heteroatoms. The topological polar surface area (TPSA) is 61.4 Å². The van der Waals surface area contributed by atoms with E-state index in [0.717, 1.165) is 5.56 Å². The number of phenols is 1. The second-order valence-corrected chi connectivity index (χ2v) is 5.19. The molecule has 0 radical (unpaired) electrons. The molecule has 3 N–H and O–H groups in total. The molecular weight excluding hydrogens is 320 g/mol. The van der Waals surface area contributed by atoms with Gasteiger partial charge in [-0.05, 0) is 48.1 Å². The third kappa shape index (κ3) is 4.87. The molecule has 0 bridgehead atoms. The lowest BCUT2D eigenvalue weighted by atomic mass is 10.2. The quantitative estimate of drug-likeness (QED) is 0.457. The third-order valence-electron chi connectivity index (χ3n) is 2.69. The Bertz CT molecular complexity index is 714. The first-order valence-electron chi connectivity index (χ1n) is 6.38. The number of benzene rings is 2. The molecule has 0 atom stereocenters. The van der Waals surface area contributed by atoms with E-state index in [2.05, 4.69) is 10.6 Å². The number of thiocarbonyl (C=S) groups is 1. The average molecular weight is 333 g/mol. The van der Waals surface area contributed by atoms with Gasteiger partial charge >= 0.3 is 0 Å². The number of anilines is 1. The minimum atomic E-state index is -0.372. The molecule has 0 heterocycles. The molecule has 0 aliphatic heterocycles. The molecule has 0 spiro atoms. The first-order valence-corrected chi connectivity index (χ1v) is 7.17. The van der Waals surface area contributed by atoms with E-state index >= 15 is 0 Å². The maximum Gasteiger partial charge on any atom is 0.250 e. The molecule has 112 valence electrons. The van der Waals surface area contributed by atoms with Gasteiger partial charge in [-0.15, -0.1) is 0 Å². The molecule has 0 saturated carbocycles. The average Bonchev–Trinajstić information content (AvgIpc) is 2.49. The Morgan fingerprint density at radius 2 is 1.82 bits per heavy atom. The number of hydrogen-bond donors (Lipinski definition) is 3. The summed E-state index contributed by atoms with van der Waals surface area (Å²) < 4.78 is 0. The van der Waals surface area contributed by atoms with Gasteiger partial charge in [-0.1, -0.05) is 35.9 Å². The predicted molar refractivity (Wildman–Crippen MR) is 93.0 cm³/mol. The van der Waals surface area contributed by atoms with E-state index < -0.39 is 0 Å². The molecule has 1 amide bonds. The second-order valence-electron chi connectivity index (χ2n) is 4.35. The molecule has 22 heavy (non-hydrogen) atoms. The number of nitrogens with one attached hydrogen (secondary N) is 2. The standard InChI is InChI=1S/C16H13ClN2O2S/c17-12-8-5-11(6-9-12)7-10-15(21)19-16(22)18-13-3-1-2-4-14(13)20/h1-10,20H,(H2,18,19,21,22). The lowest BCUT2D eigenvalue weighted by Gasteiger charge is -2.09. The summed E-state index contributed by atoms with van der Waals surface area (Å²) >= 11 is 10.8. The molecule has 0 aromatic heterocycles. The van der Waals surface area contributed by atoms with Gasteiger partial charge in [0.05, 0.1) is 5.69 Å². The van der Waals surface area contributed by atoms with Crippen LogP contribution < -0.4 is 10.6 Å². The van der Waals surface area contributed by atoms with Crippen molar-refractivity contribution in [2.75, 3.05) is 5.32 Å². The molecule has 0 unspecified atom stereocenters. The zero-order valence-electron chi connectivity index (χ0n) is 11.4. The van der Waals surface area contributed by atoms with Crippen LogP contribution in [0.4, 0.5) is 5.69 Å². The maximum absolute atomic E-state index is 11.8. The molecular formula is C16H13ClN2O2S. The summed E-state index contributed by atoms with van der Waals surface area (Å²) in [4.78, 5) is 11.8. The summed E-state index contributed by atoms with van der Waals surface area (Å²) in [6.45, 7) is 0. The van der Waals surface area contributed by atoms with E-state index in [1.807, 2.05) is 0 Å². The van der Waals surface area contributed by atoms with Gasteiger partial charge in [-0.25, -0.2) is 0 Å². The molecule has 0 saturated heterocycles. The first kappa shape index (κ1) is 16.0. The maximum atomic E-state index is 11.8. The fourth-order valence-corrected chi connectivity index (χ4v) is 1.97. The molecule has 0 fully saturated rings. The van der Waals surface area contributed by atoms with Crippen molar-refractivity contribution in [2.45, 2.75) is 0 Å². The van der Waals surface area contributed by atoms with Crippen LogP contribution in [0.25, 0.3) is 6.08 Å². The van der Waals surface area contributed by atoms with Gasteiger partial charge in [-0.2, -0.15) is 0 Å². The molecule has 4 nitrogen and oxygen atoms in total. The monoisotopic (exact) mass is 332 g/mol. The van der Waals surface area contributed by atoms with Crippen LogP contribution in [0, 0.1) is 0 Å². The number of carbonyl (C=O) groups is 1. The van der Waals surface area contributed by atoms with E-state index in [1.54, 1.807) is 48.5 Å². The summed E-state index contributed by atoms with van der Waals surface area (Å²) in [5.41, 5.74) is 1.27. The van der Waals surface area contributed by atoms with Crippen LogP contribution in [-0.4, -0.2) is 16.1 Å². The van der Waals surface area contributed by atoms with Gasteiger partial charge < -0.3 is 10.4 Å². The van der Waals surface area contributed by atoms with Crippen molar-refractivity contribution in [2.24, 2.45) is 0 Å². The molecule has 2 rings (SSSR count). The Morgan fingerprint density at radius 1 is 1.14 bits per heavy atom. The van der Waals surface area contributed by atoms with Crippen LogP contribution in [-0.2, 0) is 4.79 Å². The fraction of sp³-hybridized carbons (Fsp3) is 0. The second kappa shape index (κ2) is 7.59. The van der Waals surface area contributed by atoms with E-state index in [1.165, 1.54) is 12.1 Å². The molecule has 2 aromatic rings. The Labute approximate surface area is 138 Å². The zero-order chi connectivity index (χ0) is 15.9. The Kier molecular flexibility index (Phi) is 5.52. The van der Waals surface area contributed by atoms with E-state index in [9.17, 15) is 9.90 Å². The largest absolute Gasteiger partial charge is 0.506 e. The van der Waals surface area contributed by atoms with Crippen LogP contribution in [0.1, 0.15) is 5.56 Å². The van der Waals surface area contributed by atoms with Crippen LogP contribution >= 0.6 is 23.8 Å². The van der Waals surface area contributed by atoms with Crippen molar-refractivity contribution in [3.8, 4) is 5.75 Å². The smallest absolute Gasteiger partial charge is 0.250 e. The van der Waals surface area contributed by atoms with Crippen LogP contribution in [0.15, 0.2) is 54.6 Å². The van der Waals surface area contributed by atoms with E-state index in [0.29, 0.717) is 10.7 Å². The number of aromatic hydroxyl groups is 1. The Hall–Kier alpha value is -2.37. The number of carbonyl (C=O) groups excluding carboxylic acids is 1. The third-order valence-corrected chi connectivity index (χ3v) is 3.14. The number of para-hydroxylation sites is 2. The summed E-state index contributed by atoms with van der Waals surface area (Å²) in [6, 6.07) is 13.7. The number of amides is 1. The van der Waals surface area contributed by atoms with Crippen LogP contribution in [0.5, 0.6) is 5.75 Å². The highest BCUT2D eigenvalue weighted by Gasteiger charge is 2.04. The Balaban J connectivity index is 1.90. The SMILES string of the molecule is O=C(C=Cc1ccc(Cl)cc1)NC(=S)Nc1ccccc1O. The molecule has 0 aliphatic rings. The number of halogens is 1. The highest BCUT2D eigenvalue weighted by molar-refractivity contribution is 7.80. The van der Waals surface area contributed by atoms with Crippen LogP contribution in [0.3, 0.4) is 0 Å². The van der Waals surface area contributed by atoms with Crippen molar-refractivity contribution in [1.29, 1.82) is 0 Å². The van der Waals surface area contributed by atoms with Crippen molar-refractivity contribution in [3.05, 3.63) is 65.2 Å². The van der Waals surface area contributed by atoms with Gasteiger partial charge in [0.25, 0.3) is 0 Å². The first-order chi connectivity index (χ1) is 10.5. The van der Waals surface area contributed by atoms with Crippen molar-refractivity contribution in [1.82, 2.24) is 5.32 Å². The fourth-order valence-electron chi connectivity index (χ4n) is 1.63. The summed E-state index contributed by atoms with van der Waals surface area (Å²) in [5, 5.41) is 15.6. The van der Waals surface area contributed by atoms with Gasteiger partial charge in [0.2, 0.25) is 5.91 Å². The lowest BCUT2D eigenvalue weighted by Crippen LogP contribution is -2.32. The molecule has 2 aromatic carbocycles. The number of hydrogen-bond acceptors (Lipinski definition) is 3.